The Labute approximate surface area is 142 Å². The minimum absolute atomic E-state index is 0.0493. The van der Waals surface area contributed by atoms with E-state index in [-0.39, 0.29) is 12.0 Å². The Balaban J connectivity index is 1.94. The SMILES string of the molecule is CCc1ccc(C(c2cccnc2)N2CCCC(C(=O)O)C2)nc1. The molecule has 5 nitrogen and oxygen atoms in total. The molecule has 1 N–H and O–H groups in total. The molecule has 0 bridgehead atoms. The van der Waals surface area contributed by atoms with Gasteiger partial charge in [0.25, 0.3) is 0 Å². The Hall–Kier alpha value is -2.27. The lowest BCUT2D eigenvalue weighted by Gasteiger charge is -2.36. The zero-order chi connectivity index (χ0) is 16.9. The third-order valence-electron chi connectivity index (χ3n) is 4.70. The monoisotopic (exact) mass is 325 g/mol. The summed E-state index contributed by atoms with van der Waals surface area (Å²) in [6, 6.07) is 8.07. The van der Waals surface area contributed by atoms with E-state index in [0.29, 0.717) is 6.54 Å². The molecule has 126 valence electrons. The summed E-state index contributed by atoms with van der Waals surface area (Å²) in [6.07, 6.45) is 8.11. The smallest absolute Gasteiger partial charge is 0.307 e. The number of hydrogen-bond donors (Lipinski definition) is 1. The average Bonchev–Trinajstić information content (AvgIpc) is 2.64. The number of rotatable bonds is 5. The van der Waals surface area contributed by atoms with Crippen molar-refractivity contribution in [2.45, 2.75) is 32.2 Å². The summed E-state index contributed by atoms with van der Waals surface area (Å²) in [5.74, 6) is -1.02. The van der Waals surface area contributed by atoms with Crippen LogP contribution in [0.4, 0.5) is 0 Å². The van der Waals surface area contributed by atoms with E-state index in [4.69, 9.17) is 0 Å². The van der Waals surface area contributed by atoms with Gasteiger partial charge in [-0.1, -0.05) is 19.1 Å². The largest absolute Gasteiger partial charge is 0.481 e. The second kappa shape index (κ2) is 7.53. The molecule has 1 aliphatic heterocycles. The van der Waals surface area contributed by atoms with Crippen LogP contribution in [-0.4, -0.2) is 39.0 Å². The zero-order valence-corrected chi connectivity index (χ0v) is 13.9. The van der Waals surface area contributed by atoms with Crippen LogP contribution < -0.4 is 0 Å². The number of aromatic nitrogens is 2. The molecule has 0 saturated carbocycles. The van der Waals surface area contributed by atoms with E-state index in [0.717, 1.165) is 37.1 Å². The maximum absolute atomic E-state index is 11.4. The standard InChI is InChI=1S/C19H23N3O2/c1-2-14-7-8-17(21-11-14)18(15-5-3-9-20-12-15)22-10-4-6-16(13-22)19(23)24/h3,5,7-9,11-12,16,18H,2,4,6,10,13H2,1H3,(H,23,24). The van der Waals surface area contributed by atoms with Gasteiger partial charge in [-0.15, -0.1) is 0 Å². The minimum atomic E-state index is -0.709. The van der Waals surface area contributed by atoms with Crippen molar-refractivity contribution in [1.82, 2.24) is 14.9 Å². The highest BCUT2D eigenvalue weighted by atomic mass is 16.4. The lowest BCUT2D eigenvalue weighted by molar-refractivity contribution is -0.143. The fourth-order valence-electron chi connectivity index (χ4n) is 3.36. The molecular formula is C19H23N3O2. The van der Waals surface area contributed by atoms with Gasteiger partial charge in [0.2, 0.25) is 0 Å². The van der Waals surface area contributed by atoms with Crippen molar-refractivity contribution in [3.63, 3.8) is 0 Å². The third-order valence-corrected chi connectivity index (χ3v) is 4.70. The number of piperidine rings is 1. The van der Waals surface area contributed by atoms with Crippen LogP contribution in [0.1, 0.15) is 42.6 Å². The predicted octanol–water partition coefficient (Wildman–Crippen LogP) is 2.93. The van der Waals surface area contributed by atoms with Crippen LogP contribution in [0.3, 0.4) is 0 Å². The second-order valence-corrected chi connectivity index (χ2v) is 6.31. The summed E-state index contributed by atoms with van der Waals surface area (Å²) in [6.45, 7) is 3.53. The van der Waals surface area contributed by atoms with Gasteiger partial charge in [0, 0.05) is 25.1 Å². The quantitative estimate of drug-likeness (QED) is 0.915. The number of hydrogen-bond acceptors (Lipinski definition) is 4. The lowest BCUT2D eigenvalue weighted by Crippen LogP contribution is -2.41. The van der Waals surface area contributed by atoms with E-state index >= 15 is 0 Å². The van der Waals surface area contributed by atoms with E-state index in [1.807, 2.05) is 24.5 Å². The van der Waals surface area contributed by atoms with Gasteiger partial charge in [-0.3, -0.25) is 19.7 Å². The zero-order valence-electron chi connectivity index (χ0n) is 13.9. The summed E-state index contributed by atoms with van der Waals surface area (Å²) in [7, 11) is 0. The summed E-state index contributed by atoms with van der Waals surface area (Å²) < 4.78 is 0. The van der Waals surface area contributed by atoms with Gasteiger partial charge in [0.15, 0.2) is 0 Å². The Kier molecular flexibility index (Phi) is 5.20. The Morgan fingerprint density at radius 3 is 2.88 bits per heavy atom. The van der Waals surface area contributed by atoms with E-state index in [9.17, 15) is 9.90 Å². The molecule has 3 heterocycles. The summed E-state index contributed by atoms with van der Waals surface area (Å²) >= 11 is 0. The molecule has 0 spiro atoms. The highest BCUT2D eigenvalue weighted by Crippen LogP contribution is 2.31. The summed E-state index contributed by atoms with van der Waals surface area (Å²) in [5, 5.41) is 9.39. The van der Waals surface area contributed by atoms with Crippen LogP contribution in [0.5, 0.6) is 0 Å². The van der Waals surface area contributed by atoms with Crippen LogP contribution in [0.25, 0.3) is 0 Å². The number of nitrogens with zero attached hydrogens (tertiary/aromatic N) is 3. The molecule has 24 heavy (non-hydrogen) atoms. The maximum Gasteiger partial charge on any atom is 0.307 e. The van der Waals surface area contributed by atoms with Crippen molar-refractivity contribution in [3.05, 3.63) is 59.7 Å². The van der Waals surface area contributed by atoms with Crippen molar-refractivity contribution >= 4 is 5.97 Å². The molecule has 3 rings (SSSR count). The molecule has 1 aliphatic rings. The topological polar surface area (TPSA) is 66.3 Å². The number of carbonyl (C=O) groups is 1. The van der Waals surface area contributed by atoms with Crippen LogP contribution in [0.15, 0.2) is 42.9 Å². The Bertz CT molecular complexity index is 673. The molecule has 0 radical (unpaired) electrons. The second-order valence-electron chi connectivity index (χ2n) is 6.31. The fraction of sp³-hybridized carbons (Fsp3) is 0.421. The number of likely N-dealkylation sites (tertiary alicyclic amines) is 1. The molecule has 0 amide bonds. The minimum Gasteiger partial charge on any atom is -0.481 e. The van der Waals surface area contributed by atoms with Gasteiger partial charge < -0.3 is 5.11 Å². The molecule has 0 aromatic carbocycles. The first-order valence-corrected chi connectivity index (χ1v) is 8.50. The van der Waals surface area contributed by atoms with Crippen molar-refractivity contribution in [2.24, 2.45) is 5.92 Å². The van der Waals surface area contributed by atoms with E-state index in [1.54, 1.807) is 6.20 Å². The first-order chi connectivity index (χ1) is 11.7. The van der Waals surface area contributed by atoms with Gasteiger partial charge in [-0.05, 0) is 49.1 Å². The number of carboxylic acid groups (broad SMARTS) is 1. The molecule has 1 saturated heterocycles. The number of aliphatic carboxylic acids is 1. The van der Waals surface area contributed by atoms with Gasteiger partial charge in [-0.25, -0.2) is 0 Å². The molecule has 1 fully saturated rings. The highest BCUT2D eigenvalue weighted by molar-refractivity contribution is 5.70. The fourth-order valence-corrected chi connectivity index (χ4v) is 3.36. The number of aryl methyl sites for hydroxylation is 1. The van der Waals surface area contributed by atoms with Gasteiger partial charge in [0.05, 0.1) is 17.7 Å². The Morgan fingerprint density at radius 1 is 1.38 bits per heavy atom. The van der Waals surface area contributed by atoms with Crippen molar-refractivity contribution in [1.29, 1.82) is 0 Å². The maximum atomic E-state index is 11.4. The Morgan fingerprint density at radius 2 is 2.25 bits per heavy atom. The molecular weight excluding hydrogens is 302 g/mol. The molecule has 2 aromatic rings. The van der Waals surface area contributed by atoms with Crippen LogP contribution in [0, 0.1) is 5.92 Å². The molecule has 0 aliphatic carbocycles. The van der Waals surface area contributed by atoms with Gasteiger partial charge in [-0.2, -0.15) is 0 Å². The lowest BCUT2D eigenvalue weighted by atomic mass is 9.93. The number of pyridine rings is 2. The van der Waals surface area contributed by atoms with Gasteiger partial charge in [0.1, 0.15) is 0 Å². The van der Waals surface area contributed by atoms with Crippen molar-refractivity contribution < 1.29 is 9.90 Å². The van der Waals surface area contributed by atoms with E-state index < -0.39 is 5.97 Å². The highest BCUT2D eigenvalue weighted by Gasteiger charge is 2.31. The number of carboxylic acids is 1. The van der Waals surface area contributed by atoms with E-state index in [1.165, 1.54) is 5.56 Å². The van der Waals surface area contributed by atoms with E-state index in [2.05, 4.69) is 33.9 Å². The summed E-state index contributed by atoms with van der Waals surface area (Å²) in [5.41, 5.74) is 3.21. The van der Waals surface area contributed by atoms with Crippen LogP contribution in [0.2, 0.25) is 0 Å². The van der Waals surface area contributed by atoms with Crippen LogP contribution >= 0.6 is 0 Å². The average molecular weight is 325 g/mol. The first kappa shape index (κ1) is 16.6. The molecule has 2 unspecified atom stereocenters. The molecule has 5 heteroatoms. The third kappa shape index (κ3) is 3.62. The first-order valence-electron chi connectivity index (χ1n) is 8.50. The van der Waals surface area contributed by atoms with Crippen molar-refractivity contribution in [3.8, 4) is 0 Å². The van der Waals surface area contributed by atoms with Crippen LogP contribution in [-0.2, 0) is 11.2 Å². The summed E-state index contributed by atoms with van der Waals surface area (Å²) in [4.78, 5) is 22.6. The normalized spacial score (nSPS) is 19.8. The predicted molar refractivity (Wildman–Crippen MR) is 91.6 cm³/mol. The van der Waals surface area contributed by atoms with Gasteiger partial charge >= 0.3 is 5.97 Å². The van der Waals surface area contributed by atoms with Crippen molar-refractivity contribution in [2.75, 3.05) is 13.1 Å². The molecule has 2 atom stereocenters. The molecule has 2 aromatic heterocycles.